The molecule has 3 rings (SSSR count). The standard InChI is InChI=1S/C15H16ClFN4/c1-2-18-12-8-13(21-15(20-12)9-6-7-9)19-11-5-3-4-10(16)14(11)17/h3-5,8-9H,2,6-7H2,1H3,(H2,18,19,20,21). The van der Waals surface area contributed by atoms with Crippen LogP contribution in [0.25, 0.3) is 0 Å². The summed E-state index contributed by atoms with van der Waals surface area (Å²) in [5.74, 6) is 2.07. The van der Waals surface area contributed by atoms with Gasteiger partial charge >= 0.3 is 0 Å². The number of nitrogens with one attached hydrogen (secondary N) is 2. The van der Waals surface area contributed by atoms with Gasteiger partial charge < -0.3 is 10.6 Å². The van der Waals surface area contributed by atoms with Crippen LogP contribution in [0.4, 0.5) is 21.7 Å². The zero-order chi connectivity index (χ0) is 14.8. The van der Waals surface area contributed by atoms with E-state index >= 15 is 0 Å². The molecule has 1 aliphatic carbocycles. The Bertz CT molecular complexity index is 658. The van der Waals surface area contributed by atoms with Gasteiger partial charge in [0.05, 0.1) is 10.7 Å². The summed E-state index contributed by atoms with van der Waals surface area (Å²) in [6, 6.07) is 6.62. The fraction of sp³-hybridized carbons (Fsp3) is 0.333. The van der Waals surface area contributed by atoms with Gasteiger partial charge in [0.25, 0.3) is 0 Å². The highest BCUT2D eigenvalue weighted by atomic mass is 35.5. The molecule has 0 spiro atoms. The molecular formula is C15H16ClFN4. The normalized spacial score (nSPS) is 14.0. The molecule has 0 unspecified atom stereocenters. The van der Waals surface area contributed by atoms with E-state index in [1.807, 2.05) is 6.92 Å². The number of halogens is 2. The van der Waals surface area contributed by atoms with Crippen molar-refractivity contribution in [2.24, 2.45) is 0 Å². The Kier molecular flexibility index (Phi) is 3.92. The Morgan fingerprint density at radius 1 is 1.29 bits per heavy atom. The fourth-order valence-electron chi connectivity index (χ4n) is 2.06. The van der Waals surface area contributed by atoms with Crippen molar-refractivity contribution in [1.82, 2.24) is 9.97 Å². The van der Waals surface area contributed by atoms with Crippen molar-refractivity contribution in [3.05, 3.63) is 40.9 Å². The number of hydrogen-bond acceptors (Lipinski definition) is 4. The summed E-state index contributed by atoms with van der Waals surface area (Å²) in [6.07, 6.45) is 2.22. The van der Waals surface area contributed by atoms with E-state index in [0.29, 0.717) is 17.4 Å². The van der Waals surface area contributed by atoms with Crippen LogP contribution in [0.3, 0.4) is 0 Å². The van der Waals surface area contributed by atoms with E-state index in [2.05, 4.69) is 20.6 Å². The average Bonchev–Trinajstić information content (AvgIpc) is 3.29. The van der Waals surface area contributed by atoms with E-state index in [0.717, 1.165) is 31.0 Å². The predicted octanol–water partition coefficient (Wildman–Crippen LogP) is 4.32. The molecule has 0 aliphatic heterocycles. The van der Waals surface area contributed by atoms with E-state index in [1.165, 1.54) is 6.07 Å². The highest BCUT2D eigenvalue weighted by molar-refractivity contribution is 6.31. The number of nitrogens with zero attached hydrogens (tertiary/aromatic N) is 2. The predicted molar refractivity (Wildman–Crippen MR) is 82.9 cm³/mol. The topological polar surface area (TPSA) is 49.8 Å². The first-order chi connectivity index (χ1) is 10.2. The van der Waals surface area contributed by atoms with Gasteiger partial charge in [-0.3, -0.25) is 0 Å². The van der Waals surface area contributed by atoms with Crippen LogP contribution in [0.5, 0.6) is 0 Å². The zero-order valence-electron chi connectivity index (χ0n) is 11.7. The van der Waals surface area contributed by atoms with Crippen LogP contribution in [-0.4, -0.2) is 16.5 Å². The third-order valence-electron chi connectivity index (χ3n) is 3.26. The number of aromatic nitrogens is 2. The molecule has 2 aromatic rings. The molecule has 2 N–H and O–H groups in total. The van der Waals surface area contributed by atoms with Gasteiger partial charge in [-0.15, -0.1) is 0 Å². The lowest BCUT2D eigenvalue weighted by molar-refractivity contribution is 0.632. The minimum atomic E-state index is -0.476. The van der Waals surface area contributed by atoms with Crippen molar-refractivity contribution in [1.29, 1.82) is 0 Å². The van der Waals surface area contributed by atoms with E-state index in [-0.39, 0.29) is 5.02 Å². The first-order valence-electron chi connectivity index (χ1n) is 7.01. The second-order valence-electron chi connectivity index (χ2n) is 5.03. The van der Waals surface area contributed by atoms with Crippen molar-refractivity contribution >= 4 is 28.9 Å². The van der Waals surface area contributed by atoms with Crippen molar-refractivity contribution < 1.29 is 4.39 Å². The highest BCUT2D eigenvalue weighted by Gasteiger charge is 2.27. The first-order valence-corrected chi connectivity index (χ1v) is 7.39. The van der Waals surface area contributed by atoms with Crippen LogP contribution >= 0.6 is 11.6 Å². The van der Waals surface area contributed by atoms with Crippen LogP contribution in [0.1, 0.15) is 31.5 Å². The van der Waals surface area contributed by atoms with Gasteiger partial charge in [-0.1, -0.05) is 17.7 Å². The molecule has 6 heteroatoms. The quantitative estimate of drug-likeness (QED) is 0.863. The molecule has 21 heavy (non-hydrogen) atoms. The minimum absolute atomic E-state index is 0.0865. The van der Waals surface area contributed by atoms with E-state index in [4.69, 9.17) is 11.6 Å². The lowest BCUT2D eigenvalue weighted by Gasteiger charge is -2.11. The molecule has 0 amide bonds. The summed E-state index contributed by atoms with van der Waals surface area (Å²) < 4.78 is 14.0. The average molecular weight is 307 g/mol. The van der Waals surface area contributed by atoms with Crippen LogP contribution in [-0.2, 0) is 0 Å². The van der Waals surface area contributed by atoms with Crippen molar-refractivity contribution in [3.8, 4) is 0 Å². The lowest BCUT2D eigenvalue weighted by atomic mass is 10.3. The van der Waals surface area contributed by atoms with Gasteiger partial charge in [-0.25, -0.2) is 14.4 Å². The van der Waals surface area contributed by atoms with Crippen molar-refractivity contribution in [2.45, 2.75) is 25.7 Å². The molecule has 0 atom stereocenters. The SMILES string of the molecule is CCNc1cc(Nc2cccc(Cl)c2F)nc(C2CC2)n1. The Hall–Kier alpha value is -1.88. The molecule has 0 radical (unpaired) electrons. The first kappa shape index (κ1) is 14.1. The lowest BCUT2D eigenvalue weighted by Crippen LogP contribution is -2.06. The van der Waals surface area contributed by atoms with Gasteiger partial charge in [0.1, 0.15) is 17.5 Å². The van der Waals surface area contributed by atoms with E-state index in [1.54, 1.807) is 18.2 Å². The molecule has 0 bridgehead atoms. The summed E-state index contributed by atoms with van der Waals surface area (Å²) in [5.41, 5.74) is 0.311. The highest BCUT2D eigenvalue weighted by Crippen LogP contribution is 2.39. The number of hydrogen-bond donors (Lipinski definition) is 2. The molecule has 110 valence electrons. The van der Waals surface area contributed by atoms with Crippen LogP contribution in [0.15, 0.2) is 24.3 Å². The van der Waals surface area contributed by atoms with Crippen molar-refractivity contribution in [2.75, 3.05) is 17.2 Å². The molecule has 1 aromatic carbocycles. The Morgan fingerprint density at radius 3 is 2.76 bits per heavy atom. The molecule has 1 aliphatic rings. The third-order valence-corrected chi connectivity index (χ3v) is 3.55. The molecule has 1 saturated carbocycles. The van der Waals surface area contributed by atoms with Gasteiger partial charge in [0.2, 0.25) is 0 Å². The van der Waals surface area contributed by atoms with Crippen molar-refractivity contribution in [3.63, 3.8) is 0 Å². The second-order valence-corrected chi connectivity index (χ2v) is 5.43. The Labute approximate surface area is 127 Å². The Balaban J connectivity index is 1.91. The molecule has 4 nitrogen and oxygen atoms in total. The summed E-state index contributed by atoms with van der Waals surface area (Å²) in [7, 11) is 0. The molecule has 1 aromatic heterocycles. The minimum Gasteiger partial charge on any atom is -0.370 e. The van der Waals surface area contributed by atoms with E-state index in [9.17, 15) is 4.39 Å². The third kappa shape index (κ3) is 3.24. The largest absolute Gasteiger partial charge is 0.370 e. The molecule has 1 heterocycles. The zero-order valence-corrected chi connectivity index (χ0v) is 12.4. The van der Waals surface area contributed by atoms with Gasteiger partial charge in [0, 0.05) is 18.5 Å². The molecular weight excluding hydrogens is 291 g/mol. The fourth-order valence-corrected chi connectivity index (χ4v) is 2.24. The summed E-state index contributed by atoms with van der Waals surface area (Å²) in [6.45, 7) is 2.77. The summed E-state index contributed by atoms with van der Waals surface area (Å²) in [4.78, 5) is 8.96. The molecule has 1 fully saturated rings. The number of anilines is 3. The van der Waals surface area contributed by atoms with Gasteiger partial charge in [-0.2, -0.15) is 0 Å². The van der Waals surface area contributed by atoms with E-state index < -0.39 is 5.82 Å². The van der Waals surface area contributed by atoms with Crippen LogP contribution < -0.4 is 10.6 Å². The van der Waals surface area contributed by atoms with Gasteiger partial charge in [-0.05, 0) is 31.9 Å². The maximum atomic E-state index is 14.0. The summed E-state index contributed by atoms with van der Waals surface area (Å²) in [5, 5.41) is 6.24. The maximum absolute atomic E-state index is 14.0. The Morgan fingerprint density at radius 2 is 2.05 bits per heavy atom. The smallest absolute Gasteiger partial charge is 0.165 e. The number of benzene rings is 1. The van der Waals surface area contributed by atoms with Gasteiger partial charge in [0.15, 0.2) is 5.82 Å². The van der Waals surface area contributed by atoms with Crippen LogP contribution in [0.2, 0.25) is 5.02 Å². The molecule has 0 saturated heterocycles. The maximum Gasteiger partial charge on any atom is 0.165 e. The van der Waals surface area contributed by atoms with Crippen LogP contribution in [0, 0.1) is 5.82 Å². The monoisotopic (exact) mass is 306 g/mol. The summed E-state index contributed by atoms with van der Waals surface area (Å²) >= 11 is 5.79. The second kappa shape index (κ2) is 5.85. The number of rotatable bonds is 5.